The number of halogens is 1. The standard InChI is InChI=1S/C29H17BrN2O2/c30-21-11-4-3-10-20(21)29(33)31-22-12-5-6-13-23(22)32-27-19-9-2-1-8-18(19)16-17-26(27)34-25-15-7-14-24(31)28(25)32/h1-17H. The predicted octanol–water partition coefficient (Wildman–Crippen LogP) is 8.47. The van der Waals surface area contributed by atoms with Crippen LogP contribution >= 0.6 is 15.9 Å². The lowest BCUT2D eigenvalue weighted by molar-refractivity contribution is 0.0998. The van der Waals surface area contributed by atoms with Gasteiger partial charge in [-0.2, -0.15) is 0 Å². The van der Waals surface area contributed by atoms with E-state index < -0.39 is 0 Å². The molecule has 0 saturated heterocycles. The van der Waals surface area contributed by atoms with E-state index in [-0.39, 0.29) is 5.91 Å². The van der Waals surface area contributed by atoms with Gasteiger partial charge in [-0.15, -0.1) is 0 Å². The van der Waals surface area contributed by atoms with E-state index in [4.69, 9.17) is 4.74 Å². The Hall–Kier alpha value is -4.09. The molecule has 2 aliphatic rings. The zero-order chi connectivity index (χ0) is 22.8. The number of amides is 1. The third-order valence-corrected chi connectivity index (χ3v) is 7.11. The van der Waals surface area contributed by atoms with Crippen molar-refractivity contribution in [3.63, 3.8) is 0 Å². The minimum Gasteiger partial charge on any atom is -0.453 e. The van der Waals surface area contributed by atoms with Crippen LogP contribution in [-0.2, 0) is 0 Å². The maximum absolute atomic E-state index is 14.0. The molecular formula is C29H17BrN2O2. The van der Waals surface area contributed by atoms with Crippen LogP contribution in [0.15, 0.2) is 108 Å². The smallest absolute Gasteiger partial charge is 0.264 e. The number of carbonyl (C=O) groups excluding carboxylic acids is 1. The molecule has 0 N–H and O–H groups in total. The van der Waals surface area contributed by atoms with Crippen molar-refractivity contribution in [1.29, 1.82) is 0 Å². The quantitative estimate of drug-likeness (QED) is 0.225. The molecule has 5 aromatic rings. The number of rotatable bonds is 1. The normalized spacial score (nSPS) is 13.1. The Morgan fingerprint density at radius 1 is 0.647 bits per heavy atom. The van der Waals surface area contributed by atoms with Gasteiger partial charge in [0.25, 0.3) is 5.91 Å². The van der Waals surface area contributed by atoms with Crippen molar-refractivity contribution in [2.75, 3.05) is 9.80 Å². The molecule has 1 amide bonds. The van der Waals surface area contributed by atoms with Gasteiger partial charge in [0.15, 0.2) is 11.5 Å². The van der Waals surface area contributed by atoms with Crippen LogP contribution in [0.4, 0.5) is 28.4 Å². The van der Waals surface area contributed by atoms with E-state index in [0.717, 1.165) is 55.2 Å². The average molecular weight is 505 g/mol. The Morgan fingerprint density at radius 3 is 2.24 bits per heavy atom. The summed E-state index contributed by atoms with van der Waals surface area (Å²) in [5, 5.41) is 2.23. The highest BCUT2D eigenvalue weighted by Gasteiger charge is 2.39. The molecule has 0 aromatic heterocycles. The van der Waals surface area contributed by atoms with Crippen LogP contribution in [0.3, 0.4) is 0 Å². The first-order valence-corrected chi connectivity index (χ1v) is 11.8. The number of fused-ring (bicyclic) bond motifs is 6. The summed E-state index contributed by atoms with van der Waals surface area (Å²) in [7, 11) is 0. The third kappa shape index (κ3) is 2.62. The second-order valence-corrected chi connectivity index (χ2v) is 9.16. The van der Waals surface area contributed by atoms with Crippen LogP contribution in [0.1, 0.15) is 10.4 Å². The predicted molar refractivity (Wildman–Crippen MR) is 139 cm³/mol. The van der Waals surface area contributed by atoms with Gasteiger partial charge in [0, 0.05) is 9.86 Å². The fourth-order valence-corrected chi connectivity index (χ4v) is 5.42. The van der Waals surface area contributed by atoms with Gasteiger partial charge in [-0.05, 0) is 63.8 Å². The highest BCUT2D eigenvalue weighted by molar-refractivity contribution is 9.10. The molecule has 5 heteroatoms. The van der Waals surface area contributed by atoms with Crippen molar-refractivity contribution < 1.29 is 9.53 Å². The van der Waals surface area contributed by atoms with Crippen LogP contribution in [0, 0.1) is 0 Å². The molecule has 4 nitrogen and oxygen atoms in total. The van der Waals surface area contributed by atoms with E-state index in [9.17, 15) is 4.79 Å². The molecule has 0 bridgehead atoms. The van der Waals surface area contributed by atoms with Gasteiger partial charge in [-0.3, -0.25) is 14.6 Å². The summed E-state index contributed by atoms with van der Waals surface area (Å²) in [4.78, 5) is 18.0. The van der Waals surface area contributed by atoms with Crippen molar-refractivity contribution >= 4 is 61.0 Å². The first-order chi connectivity index (χ1) is 16.7. The fourth-order valence-electron chi connectivity index (χ4n) is 4.96. The van der Waals surface area contributed by atoms with Gasteiger partial charge in [-0.1, -0.05) is 60.7 Å². The minimum atomic E-state index is -0.100. The monoisotopic (exact) mass is 504 g/mol. The number of hydrogen-bond acceptors (Lipinski definition) is 3. The van der Waals surface area contributed by atoms with E-state index in [2.05, 4.69) is 45.1 Å². The fraction of sp³-hybridized carbons (Fsp3) is 0. The summed E-state index contributed by atoms with van der Waals surface area (Å²) >= 11 is 3.56. The number of nitrogens with zero attached hydrogens (tertiary/aromatic N) is 2. The number of ether oxygens (including phenoxy) is 1. The molecular weight excluding hydrogens is 488 g/mol. The maximum Gasteiger partial charge on any atom is 0.264 e. The molecule has 7 rings (SSSR count). The number of anilines is 5. The largest absolute Gasteiger partial charge is 0.453 e. The Balaban J connectivity index is 1.54. The minimum absolute atomic E-state index is 0.100. The van der Waals surface area contributed by atoms with E-state index in [1.807, 2.05) is 78.9 Å². The van der Waals surface area contributed by atoms with E-state index >= 15 is 0 Å². The second kappa shape index (κ2) is 7.20. The van der Waals surface area contributed by atoms with Crippen LogP contribution in [0.25, 0.3) is 10.8 Å². The van der Waals surface area contributed by atoms with Crippen molar-refractivity contribution in [2.24, 2.45) is 0 Å². The summed E-state index contributed by atoms with van der Waals surface area (Å²) in [6.45, 7) is 0. The summed E-state index contributed by atoms with van der Waals surface area (Å²) in [5.41, 5.74) is 5.00. The summed E-state index contributed by atoms with van der Waals surface area (Å²) < 4.78 is 7.18. The van der Waals surface area contributed by atoms with Crippen molar-refractivity contribution in [3.8, 4) is 11.5 Å². The van der Waals surface area contributed by atoms with Gasteiger partial charge >= 0.3 is 0 Å². The molecule has 5 aromatic carbocycles. The zero-order valence-corrected chi connectivity index (χ0v) is 19.5. The Labute approximate surface area is 204 Å². The lowest BCUT2D eigenvalue weighted by Gasteiger charge is -2.42. The SMILES string of the molecule is O=C(c1ccccc1Br)N1c2ccccc2N2c3c(cccc31)Oc1ccc3ccccc3c12. The summed E-state index contributed by atoms with van der Waals surface area (Å²) in [6, 6.07) is 33.9. The molecule has 0 fully saturated rings. The molecule has 0 radical (unpaired) electrons. The Bertz CT molecular complexity index is 1650. The first kappa shape index (κ1) is 19.4. The van der Waals surface area contributed by atoms with Crippen LogP contribution in [-0.4, -0.2) is 5.91 Å². The average Bonchev–Trinajstić information content (AvgIpc) is 2.88. The van der Waals surface area contributed by atoms with Gasteiger partial charge in [-0.25, -0.2) is 0 Å². The van der Waals surface area contributed by atoms with E-state index in [0.29, 0.717) is 5.56 Å². The third-order valence-electron chi connectivity index (χ3n) is 6.42. The molecule has 0 atom stereocenters. The van der Waals surface area contributed by atoms with Gasteiger partial charge in [0.1, 0.15) is 5.69 Å². The van der Waals surface area contributed by atoms with Gasteiger partial charge in [0.2, 0.25) is 0 Å². The van der Waals surface area contributed by atoms with E-state index in [1.165, 1.54) is 0 Å². The lowest BCUT2D eigenvalue weighted by atomic mass is 9.99. The first-order valence-electron chi connectivity index (χ1n) is 11.0. The van der Waals surface area contributed by atoms with Crippen LogP contribution in [0.2, 0.25) is 0 Å². The molecule has 0 saturated carbocycles. The summed E-state index contributed by atoms with van der Waals surface area (Å²) in [5.74, 6) is 1.42. The molecule has 34 heavy (non-hydrogen) atoms. The Morgan fingerprint density at radius 2 is 1.35 bits per heavy atom. The molecule has 0 unspecified atom stereocenters. The highest BCUT2D eigenvalue weighted by Crippen LogP contribution is 2.61. The number of benzene rings is 5. The van der Waals surface area contributed by atoms with E-state index in [1.54, 1.807) is 4.90 Å². The van der Waals surface area contributed by atoms with Crippen LogP contribution in [0.5, 0.6) is 11.5 Å². The number of hydrogen-bond donors (Lipinski definition) is 0. The zero-order valence-electron chi connectivity index (χ0n) is 17.9. The second-order valence-electron chi connectivity index (χ2n) is 8.30. The lowest BCUT2D eigenvalue weighted by Crippen LogP contribution is -2.33. The van der Waals surface area contributed by atoms with Crippen molar-refractivity contribution in [3.05, 3.63) is 113 Å². The van der Waals surface area contributed by atoms with Crippen molar-refractivity contribution in [1.82, 2.24) is 0 Å². The maximum atomic E-state index is 14.0. The Kier molecular flexibility index (Phi) is 4.11. The summed E-state index contributed by atoms with van der Waals surface area (Å²) in [6.07, 6.45) is 0. The molecule has 0 spiro atoms. The molecule has 2 heterocycles. The van der Waals surface area contributed by atoms with Gasteiger partial charge < -0.3 is 4.74 Å². The van der Waals surface area contributed by atoms with Crippen molar-refractivity contribution in [2.45, 2.75) is 0 Å². The van der Waals surface area contributed by atoms with Gasteiger partial charge in [0.05, 0.1) is 28.3 Å². The topological polar surface area (TPSA) is 32.8 Å². The highest BCUT2D eigenvalue weighted by atomic mass is 79.9. The molecule has 2 aliphatic heterocycles. The molecule has 0 aliphatic carbocycles. The number of para-hydroxylation sites is 3. The molecule has 162 valence electrons. The van der Waals surface area contributed by atoms with Crippen LogP contribution < -0.4 is 14.5 Å². The number of carbonyl (C=O) groups is 1.